The van der Waals surface area contributed by atoms with E-state index in [0.29, 0.717) is 23.6 Å². The predicted molar refractivity (Wildman–Crippen MR) is 132 cm³/mol. The average molecular weight is 475 g/mol. The maximum atomic E-state index is 12.9. The summed E-state index contributed by atoms with van der Waals surface area (Å²) in [5.41, 5.74) is 2.28. The smallest absolute Gasteiger partial charge is 0.338 e. The molecule has 5 rings (SSSR count). The van der Waals surface area contributed by atoms with Crippen LogP contribution in [0.5, 0.6) is 0 Å². The van der Waals surface area contributed by atoms with E-state index in [-0.39, 0.29) is 12.6 Å². The average Bonchev–Trinajstić information content (AvgIpc) is 3.40. The van der Waals surface area contributed by atoms with Gasteiger partial charge in [0, 0.05) is 45.0 Å². The van der Waals surface area contributed by atoms with Gasteiger partial charge in [0.1, 0.15) is 11.8 Å². The van der Waals surface area contributed by atoms with Gasteiger partial charge in [-0.05, 0) is 35.4 Å². The molecule has 1 aromatic heterocycles. The number of fused-ring (bicyclic) bond motifs is 1. The number of rotatable bonds is 7. The van der Waals surface area contributed by atoms with Crippen LogP contribution < -0.4 is 10.6 Å². The van der Waals surface area contributed by atoms with Crippen molar-refractivity contribution in [2.24, 2.45) is 0 Å². The molecule has 35 heavy (non-hydrogen) atoms. The molecule has 3 heterocycles. The molecule has 2 aromatic carbocycles. The quantitative estimate of drug-likeness (QED) is 0.511. The number of nitrogens with zero attached hydrogens (tertiary/aromatic N) is 2. The summed E-state index contributed by atoms with van der Waals surface area (Å²) in [4.78, 5) is 30.0. The number of ether oxygens (including phenoxy) is 1. The molecule has 0 aliphatic carbocycles. The molecular weight excluding hydrogens is 444 g/mol. The largest absolute Gasteiger partial charge is 0.467 e. The number of amides is 2. The van der Waals surface area contributed by atoms with Crippen molar-refractivity contribution in [1.82, 2.24) is 20.4 Å². The van der Waals surface area contributed by atoms with Crippen LogP contribution in [0.3, 0.4) is 0 Å². The number of hydrogen-bond acceptors (Lipinski definition) is 6. The molecule has 8 heteroatoms. The Kier molecular flexibility index (Phi) is 6.83. The Morgan fingerprint density at radius 1 is 1.00 bits per heavy atom. The van der Waals surface area contributed by atoms with Gasteiger partial charge in [0.05, 0.1) is 18.4 Å². The molecule has 182 valence electrons. The van der Waals surface area contributed by atoms with Crippen molar-refractivity contribution in [2.75, 3.05) is 39.3 Å². The first-order chi connectivity index (χ1) is 17.1. The fourth-order valence-electron chi connectivity index (χ4n) is 4.86. The van der Waals surface area contributed by atoms with Gasteiger partial charge in [-0.15, -0.1) is 0 Å². The lowest BCUT2D eigenvalue weighted by Crippen LogP contribution is -2.51. The number of carbonyl (C=O) groups excluding carboxylic acids is 2. The lowest BCUT2D eigenvalue weighted by atomic mass is 9.99. The molecule has 1 fully saturated rings. The fourth-order valence-corrected chi connectivity index (χ4v) is 4.86. The first-order valence-electron chi connectivity index (χ1n) is 12.0. The van der Waals surface area contributed by atoms with Gasteiger partial charge in [-0.25, -0.2) is 9.59 Å². The molecule has 2 aliphatic heterocycles. The Bertz CT molecular complexity index is 1220. The van der Waals surface area contributed by atoms with E-state index in [2.05, 4.69) is 62.9 Å². The van der Waals surface area contributed by atoms with E-state index in [0.717, 1.165) is 32.7 Å². The number of benzene rings is 2. The minimum Gasteiger partial charge on any atom is -0.467 e. The van der Waals surface area contributed by atoms with Crippen LogP contribution in [-0.2, 0) is 16.1 Å². The lowest BCUT2D eigenvalue weighted by molar-refractivity contribution is -0.139. The second kappa shape index (κ2) is 10.3. The van der Waals surface area contributed by atoms with Gasteiger partial charge in [0.25, 0.3) is 0 Å². The summed E-state index contributed by atoms with van der Waals surface area (Å²) < 4.78 is 10.8. The van der Waals surface area contributed by atoms with E-state index in [1.165, 1.54) is 22.6 Å². The third-order valence-corrected chi connectivity index (χ3v) is 6.60. The summed E-state index contributed by atoms with van der Waals surface area (Å²) in [6.45, 7) is 6.84. The lowest BCUT2D eigenvalue weighted by Gasteiger charge is -2.37. The fraction of sp³-hybridized carbons (Fsp3) is 0.333. The van der Waals surface area contributed by atoms with Gasteiger partial charge >= 0.3 is 12.0 Å². The summed E-state index contributed by atoms with van der Waals surface area (Å²) in [7, 11) is 0. The highest BCUT2D eigenvalue weighted by molar-refractivity contribution is 5.95. The van der Waals surface area contributed by atoms with Crippen molar-refractivity contribution < 1.29 is 18.7 Å². The number of hydrogen-bond donors (Lipinski definition) is 2. The minimum atomic E-state index is -0.680. The van der Waals surface area contributed by atoms with Crippen LogP contribution >= 0.6 is 0 Å². The topological polar surface area (TPSA) is 87.0 Å². The van der Waals surface area contributed by atoms with E-state index >= 15 is 0 Å². The van der Waals surface area contributed by atoms with Crippen molar-refractivity contribution in [3.63, 3.8) is 0 Å². The van der Waals surface area contributed by atoms with Crippen molar-refractivity contribution in [3.05, 3.63) is 83.5 Å². The third-order valence-electron chi connectivity index (χ3n) is 6.60. The van der Waals surface area contributed by atoms with Gasteiger partial charge in [-0.1, -0.05) is 42.5 Å². The summed E-state index contributed by atoms with van der Waals surface area (Å²) in [5.74, 6) is 0.0475. The number of carbonyl (C=O) groups is 2. The zero-order valence-electron chi connectivity index (χ0n) is 19.8. The van der Waals surface area contributed by atoms with Crippen LogP contribution in [0.15, 0.2) is 76.5 Å². The molecule has 2 amide bonds. The van der Waals surface area contributed by atoms with Gasteiger partial charge in [0.2, 0.25) is 0 Å². The maximum absolute atomic E-state index is 12.9. The highest BCUT2D eigenvalue weighted by Gasteiger charge is 2.36. The molecule has 1 atom stereocenters. The SMILES string of the molecule is CCOC(=O)C1=C(CN2CCN(Cc3cccc4ccccc34)CC2)NC(=O)N[C@@H]1c1ccco1. The van der Waals surface area contributed by atoms with Gasteiger partial charge in [-0.3, -0.25) is 9.80 Å². The van der Waals surface area contributed by atoms with E-state index in [1.54, 1.807) is 19.1 Å². The summed E-state index contributed by atoms with van der Waals surface area (Å²) >= 11 is 0. The number of urea groups is 1. The third kappa shape index (κ3) is 5.08. The monoisotopic (exact) mass is 474 g/mol. The molecule has 1 saturated heterocycles. The van der Waals surface area contributed by atoms with Crippen molar-refractivity contribution in [3.8, 4) is 0 Å². The number of esters is 1. The normalized spacial score (nSPS) is 19.5. The Morgan fingerprint density at radius 2 is 1.74 bits per heavy atom. The number of furan rings is 1. The standard InChI is InChI=1S/C27H30N4O4/c1-2-34-26(32)24-22(28-27(33)29-25(24)23-11-6-16-35-23)18-31-14-12-30(13-15-31)17-20-9-5-8-19-7-3-4-10-21(19)20/h3-11,16,25H,2,12-15,17-18H2,1H3,(H2,28,29,33)/t25-/m1/s1. The van der Waals surface area contributed by atoms with Crippen LogP contribution in [-0.4, -0.2) is 61.1 Å². The molecule has 8 nitrogen and oxygen atoms in total. The van der Waals surface area contributed by atoms with E-state index < -0.39 is 12.0 Å². The van der Waals surface area contributed by atoms with Crippen LogP contribution in [0.1, 0.15) is 24.3 Å². The van der Waals surface area contributed by atoms with Gasteiger partial charge in [-0.2, -0.15) is 0 Å². The van der Waals surface area contributed by atoms with Crippen molar-refractivity contribution in [1.29, 1.82) is 0 Å². The molecule has 0 saturated carbocycles. The van der Waals surface area contributed by atoms with Crippen LogP contribution in [0.2, 0.25) is 0 Å². The summed E-state index contributed by atoms with van der Waals surface area (Å²) in [5, 5.41) is 8.20. The van der Waals surface area contributed by atoms with Crippen molar-refractivity contribution in [2.45, 2.75) is 19.5 Å². The zero-order chi connectivity index (χ0) is 24.2. The minimum absolute atomic E-state index is 0.251. The summed E-state index contributed by atoms with van der Waals surface area (Å²) in [6, 6.07) is 17.4. The van der Waals surface area contributed by atoms with Gasteiger partial charge in [0.15, 0.2) is 0 Å². The van der Waals surface area contributed by atoms with Crippen molar-refractivity contribution >= 4 is 22.8 Å². The molecular formula is C27H30N4O4. The molecule has 0 radical (unpaired) electrons. The Morgan fingerprint density at radius 3 is 2.49 bits per heavy atom. The highest BCUT2D eigenvalue weighted by Crippen LogP contribution is 2.29. The Labute approximate surface area is 204 Å². The van der Waals surface area contributed by atoms with E-state index in [1.807, 2.05) is 0 Å². The Balaban J connectivity index is 1.29. The van der Waals surface area contributed by atoms with Crippen LogP contribution in [0, 0.1) is 0 Å². The molecule has 0 spiro atoms. The Hall–Kier alpha value is -3.62. The van der Waals surface area contributed by atoms with E-state index in [4.69, 9.17) is 9.15 Å². The van der Waals surface area contributed by atoms with E-state index in [9.17, 15) is 9.59 Å². The van der Waals surface area contributed by atoms with Gasteiger partial charge < -0.3 is 19.8 Å². The first-order valence-corrected chi connectivity index (χ1v) is 12.0. The molecule has 0 unspecified atom stereocenters. The molecule has 2 N–H and O–H groups in total. The maximum Gasteiger partial charge on any atom is 0.338 e. The second-order valence-electron chi connectivity index (χ2n) is 8.85. The molecule has 2 aliphatic rings. The second-order valence-corrected chi connectivity index (χ2v) is 8.85. The molecule has 0 bridgehead atoms. The number of piperazine rings is 1. The first kappa shape index (κ1) is 23.1. The molecule has 3 aromatic rings. The number of nitrogens with one attached hydrogen (secondary N) is 2. The zero-order valence-corrected chi connectivity index (χ0v) is 19.8. The predicted octanol–water partition coefficient (Wildman–Crippen LogP) is 3.42. The highest BCUT2D eigenvalue weighted by atomic mass is 16.5. The van der Waals surface area contributed by atoms with Crippen LogP contribution in [0.4, 0.5) is 4.79 Å². The van der Waals surface area contributed by atoms with Crippen LogP contribution in [0.25, 0.3) is 10.8 Å². The summed E-state index contributed by atoms with van der Waals surface area (Å²) in [6.07, 6.45) is 1.53.